The van der Waals surface area contributed by atoms with Gasteiger partial charge in [0.1, 0.15) is 0 Å². The second kappa shape index (κ2) is 7.67. The highest BCUT2D eigenvalue weighted by molar-refractivity contribution is 7.99. The number of rotatable bonds is 5. The number of nitriles is 1. The second-order valence-corrected chi connectivity index (χ2v) is 6.22. The van der Waals surface area contributed by atoms with E-state index in [-0.39, 0.29) is 5.91 Å². The van der Waals surface area contributed by atoms with Gasteiger partial charge in [-0.05, 0) is 37.6 Å². The zero-order chi connectivity index (χ0) is 15.9. The van der Waals surface area contributed by atoms with Crippen molar-refractivity contribution in [3.8, 4) is 6.07 Å². The number of benzene rings is 2. The maximum atomic E-state index is 11.9. The van der Waals surface area contributed by atoms with Crippen molar-refractivity contribution in [2.75, 3.05) is 11.1 Å². The molecule has 22 heavy (non-hydrogen) atoms. The first kappa shape index (κ1) is 16.1. The average molecular weight is 310 g/mol. The summed E-state index contributed by atoms with van der Waals surface area (Å²) in [5, 5.41) is 11.7. The molecule has 0 saturated heterocycles. The second-order valence-electron chi connectivity index (χ2n) is 5.23. The molecule has 0 bridgehead atoms. The van der Waals surface area contributed by atoms with E-state index in [1.807, 2.05) is 0 Å². The van der Waals surface area contributed by atoms with Crippen LogP contribution in [-0.2, 0) is 10.5 Å². The van der Waals surface area contributed by atoms with Crippen LogP contribution in [0.3, 0.4) is 0 Å². The lowest BCUT2D eigenvalue weighted by Gasteiger charge is -2.07. The lowest BCUT2D eigenvalue weighted by atomic mass is 10.1. The molecule has 0 aromatic heterocycles. The van der Waals surface area contributed by atoms with Crippen molar-refractivity contribution < 1.29 is 4.79 Å². The van der Waals surface area contributed by atoms with Crippen LogP contribution in [0.25, 0.3) is 0 Å². The number of hydrogen-bond acceptors (Lipinski definition) is 3. The van der Waals surface area contributed by atoms with Crippen LogP contribution < -0.4 is 5.32 Å². The molecule has 0 spiro atoms. The molecule has 0 aliphatic heterocycles. The molecule has 4 heteroatoms. The third-order valence-corrected chi connectivity index (χ3v) is 4.06. The van der Waals surface area contributed by atoms with Gasteiger partial charge in [-0.1, -0.05) is 35.4 Å². The van der Waals surface area contributed by atoms with E-state index in [0.29, 0.717) is 17.0 Å². The lowest BCUT2D eigenvalue weighted by molar-refractivity contribution is -0.113. The predicted molar refractivity (Wildman–Crippen MR) is 91.9 cm³/mol. The van der Waals surface area contributed by atoms with Gasteiger partial charge in [0.2, 0.25) is 5.91 Å². The number of aryl methyl sites for hydroxylation is 2. The largest absolute Gasteiger partial charge is 0.325 e. The number of carbonyl (C=O) groups excluding carboxylic acids is 1. The molecule has 0 aliphatic carbocycles. The summed E-state index contributed by atoms with van der Waals surface area (Å²) in [7, 11) is 0. The molecule has 0 radical (unpaired) electrons. The summed E-state index contributed by atoms with van der Waals surface area (Å²) in [4.78, 5) is 11.9. The summed E-state index contributed by atoms with van der Waals surface area (Å²) in [6.45, 7) is 4.16. The van der Waals surface area contributed by atoms with Gasteiger partial charge in [-0.15, -0.1) is 11.8 Å². The van der Waals surface area contributed by atoms with Crippen molar-refractivity contribution in [1.29, 1.82) is 5.26 Å². The number of anilines is 1. The van der Waals surface area contributed by atoms with Crippen molar-refractivity contribution in [1.82, 2.24) is 0 Å². The lowest BCUT2D eigenvalue weighted by Crippen LogP contribution is -2.14. The summed E-state index contributed by atoms with van der Waals surface area (Å²) in [6.07, 6.45) is 0. The first-order chi connectivity index (χ1) is 10.6. The minimum Gasteiger partial charge on any atom is -0.325 e. The van der Waals surface area contributed by atoms with Crippen LogP contribution in [-0.4, -0.2) is 11.7 Å². The van der Waals surface area contributed by atoms with E-state index in [9.17, 15) is 4.79 Å². The molecular weight excluding hydrogens is 292 g/mol. The van der Waals surface area contributed by atoms with Gasteiger partial charge in [-0.25, -0.2) is 0 Å². The van der Waals surface area contributed by atoms with Gasteiger partial charge in [0, 0.05) is 11.4 Å². The number of amides is 1. The van der Waals surface area contributed by atoms with Crippen molar-refractivity contribution in [3.05, 3.63) is 64.7 Å². The highest BCUT2D eigenvalue weighted by Gasteiger charge is 2.04. The first-order valence-corrected chi connectivity index (χ1v) is 8.17. The molecule has 1 N–H and O–H groups in total. The van der Waals surface area contributed by atoms with Gasteiger partial charge >= 0.3 is 0 Å². The Balaban J connectivity index is 1.84. The van der Waals surface area contributed by atoms with E-state index in [1.54, 1.807) is 36.0 Å². The SMILES string of the molecule is Cc1cc(C)cc(CSCC(=O)Nc2cccc(C#N)c2)c1. The van der Waals surface area contributed by atoms with E-state index in [4.69, 9.17) is 5.26 Å². The van der Waals surface area contributed by atoms with Crippen LogP contribution in [0.2, 0.25) is 0 Å². The van der Waals surface area contributed by atoms with Crippen molar-refractivity contribution in [3.63, 3.8) is 0 Å². The fourth-order valence-electron chi connectivity index (χ4n) is 2.28. The molecule has 0 aliphatic rings. The Morgan fingerprint density at radius 1 is 1.18 bits per heavy atom. The fourth-order valence-corrected chi connectivity index (χ4v) is 3.04. The minimum atomic E-state index is -0.0514. The minimum absolute atomic E-state index is 0.0514. The summed E-state index contributed by atoms with van der Waals surface area (Å²) in [5.74, 6) is 1.15. The van der Waals surface area contributed by atoms with E-state index >= 15 is 0 Å². The van der Waals surface area contributed by atoms with Gasteiger partial charge in [0.15, 0.2) is 0 Å². The van der Waals surface area contributed by atoms with E-state index in [1.165, 1.54) is 16.7 Å². The molecular formula is C18H18N2OS. The van der Waals surface area contributed by atoms with Gasteiger partial charge in [0.25, 0.3) is 0 Å². The molecule has 0 heterocycles. The van der Waals surface area contributed by atoms with Gasteiger partial charge in [-0.2, -0.15) is 5.26 Å². The third kappa shape index (κ3) is 4.94. The predicted octanol–water partition coefficient (Wildman–Crippen LogP) is 4.05. The average Bonchev–Trinajstić information content (AvgIpc) is 2.46. The topological polar surface area (TPSA) is 52.9 Å². The molecule has 3 nitrogen and oxygen atoms in total. The molecule has 112 valence electrons. The molecule has 2 rings (SSSR count). The van der Waals surface area contributed by atoms with Crippen LogP contribution in [0.5, 0.6) is 0 Å². The Morgan fingerprint density at radius 3 is 2.59 bits per heavy atom. The quantitative estimate of drug-likeness (QED) is 0.906. The van der Waals surface area contributed by atoms with Gasteiger partial charge in [-0.3, -0.25) is 4.79 Å². The van der Waals surface area contributed by atoms with Crippen molar-refractivity contribution in [2.45, 2.75) is 19.6 Å². The molecule has 0 atom stereocenters. The maximum Gasteiger partial charge on any atom is 0.234 e. The van der Waals surface area contributed by atoms with Crippen LogP contribution in [0.1, 0.15) is 22.3 Å². The summed E-state index contributed by atoms with van der Waals surface area (Å²) >= 11 is 1.58. The van der Waals surface area contributed by atoms with Crippen molar-refractivity contribution in [2.24, 2.45) is 0 Å². The Morgan fingerprint density at radius 2 is 1.91 bits per heavy atom. The van der Waals surface area contributed by atoms with Crippen molar-refractivity contribution >= 4 is 23.4 Å². The zero-order valence-corrected chi connectivity index (χ0v) is 13.5. The van der Waals surface area contributed by atoms with Crippen LogP contribution >= 0.6 is 11.8 Å². The van der Waals surface area contributed by atoms with Gasteiger partial charge < -0.3 is 5.32 Å². The summed E-state index contributed by atoms with van der Waals surface area (Å²) < 4.78 is 0. The zero-order valence-electron chi connectivity index (χ0n) is 12.7. The molecule has 0 saturated carbocycles. The highest BCUT2D eigenvalue weighted by Crippen LogP contribution is 2.16. The first-order valence-electron chi connectivity index (χ1n) is 7.02. The molecule has 1 amide bonds. The maximum absolute atomic E-state index is 11.9. The molecule has 0 unspecified atom stereocenters. The Labute approximate surface area is 135 Å². The number of hydrogen-bond donors (Lipinski definition) is 1. The Bertz CT molecular complexity index is 699. The number of thioether (sulfide) groups is 1. The summed E-state index contributed by atoms with van der Waals surface area (Å²) in [6, 6.07) is 15.4. The fraction of sp³-hybridized carbons (Fsp3) is 0.222. The molecule has 2 aromatic carbocycles. The Kier molecular flexibility index (Phi) is 5.62. The smallest absolute Gasteiger partial charge is 0.234 e. The third-order valence-electron chi connectivity index (χ3n) is 3.06. The standard InChI is InChI=1S/C18H18N2OS/c1-13-6-14(2)8-16(7-13)11-22-12-18(21)20-17-5-3-4-15(9-17)10-19/h3-9H,11-12H2,1-2H3,(H,20,21). The van der Waals surface area contributed by atoms with Crippen LogP contribution in [0, 0.1) is 25.2 Å². The van der Waals surface area contributed by atoms with Crippen LogP contribution in [0.4, 0.5) is 5.69 Å². The van der Waals surface area contributed by atoms with Gasteiger partial charge in [0.05, 0.1) is 17.4 Å². The summed E-state index contributed by atoms with van der Waals surface area (Å²) in [5.41, 5.74) is 4.93. The Hall–Kier alpha value is -2.25. The number of nitrogens with zero attached hydrogens (tertiary/aromatic N) is 1. The normalized spacial score (nSPS) is 10.0. The van der Waals surface area contributed by atoms with E-state index in [0.717, 1.165) is 5.75 Å². The van der Waals surface area contributed by atoms with E-state index in [2.05, 4.69) is 43.4 Å². The van der Waals surface area contributed by atoms with Crippen LogP contribution in [0.15, 0.2) is 42.5 Å². The monoisotopic (exact) mass is 310 g/mol. The molecule has 0 fully saturated rings. The molecule has 2 aromatic rings. The highest BCUT2D eigenvalue weighted by atomic mass is 32.2. The van der Waals surface area contributed by atoms with E-state index < -0.39 is 0 Å². The number of carbonyl (C=O) groups is 1. The number of nitrogens with one attached hydrogen (secondary N) is 1.